The third-order valence-electron chi connectivity index (χ3n) is 3.30. The maximum absolute atomic E-state index is 12.3. The van der Waals surface area contributed by atoms with E-state index in [2.05, 4.69) is 36.5 Å². The summed E-state index contributed by atoms with van der Waals surface area (Å²) in [6, 6.07) is 11.4. The second-order valence-corrected chi connectivity index (χ2v) is 7.01. The first-order chi connectivity index (χ1) is 11.5. The van der Waals surface area contributed by atoms with Gasteiger partial charge in [-0.15, -0.1) is 11.3 Å². The van der Waals surface area contributed by atoms with Crippen LogP contribution in [0.1, 0.15) is 21.7 Å². The van der Waals surface area contributed by atoms with Gasteiger partial charge in [0, 0.05) is 21.2 Å². The van der Waals surface area contributed by atoms with Crippen molar-refractivity contribution in [2.24, 2.45) is 0 Å². The van der Waals surface area contributed by atoms with E-state index in [0.717, 1.165) is 21.4 Å². The minimum absolute atomic E-state index is 0.234. The molecule has 2 aromatic heterocycles. The van der Waals surface area contributed by atoms with Gasteiger partial charge in [0.2, 0.25) is 0 Å². The van der Waals surface area contributed by atoms with Gasteiger partial charge in [-0.2, -0.15) is 0 Å². The minimum Gasteiger partial charge on any atom is -0.320 e. The van der Waals surface area contributed by atoms with E-state index in [1.165, 1.54) is 11.3 Å². The van der Waals surface area contributed by atoms with Crippen LogP contribution in [0.4, 0.5) is 16.6 Å². The van der Waals surface area contributed by atoms with E-state index < -0.39 is 0 Å². The second kappa shape index (κ2) is 7.11. The largest absolute Gasteiger partial charge is 0.320 e. The van der Waals surface area contributed by atoms with Crippen molar-refractivity contribution in [1.82, 2.24) is 9.97 Å². The molecule has 0 atom stereocenters. The molecule has 0 aliphatic carbocycles. The number of rotatable bonds is 4. The molecule has 2 N–H and O–H groups in total. The summed E-state index contributed by atoms with van der Waals surface area (Å²) in [5.74, 6) is 0.474. The van der Waals surface area contributed by atoms with Crippen molar-refractivity contribution in [3.8, 4) is 0 Å². The van der Waals surface area contributed by atoms with E-state index in [9.17, 15) is 4.79 Å². The van der Waals surface area contributed by atoms with Crippen LogP contribution in [0.15, 0.2) is 46.3 Å². The Morgan fingerprint density at radius 2 is 2.00 bits per heavy atom. The average Bonchev–Trinajstić information content (AvgIpc) is 2.98. The fourth-order valence-corrected chi connectivity index (χ4v) is 3.28. The molecular formula is C17H15BrN4OS. The summed E-state index contributed by atoms with van der Waals surface area (Å²) in [5.41, 5.74) is 3.04. The normalized spacial score (nSPS) is 10.5. The molecule has 1 amide bonds. The molecule has 3 rings (SSSR count). The van der Waals surface area contributed by atoms with E-state index in [4.69, 9.17) is 0 Å². The predicted octanol–water partition coefficient (Wildman–Crippen LogP) is 4.91. The first-order valence-corrected chi connectivity index (χ1v) is 8.92. The van der Waals surface area contributed by atoms with Gasteiger partial charge < -0.3 is 10.6 Å². The van der Waals surface area contributed by atoms with Crippen molar-refractivity contribution >= 4 is 49.8 Å². The number of halogens is 1. The molecule has 7 heteroatoms. The highest BCUT2D eigenvalue weighted by atomic mass is 79.9. The lowest BCUT2D eigenvalue weighted by atomic mass is 10.2. The highest BCUT2D eigenvalue weighted by Crippen LogP contribution is 2.23. The Morgan fingerprint density at radius 1 is 1.17 bits per heavy atom. The summed E-state index contributed by atoms with van der Waals surface area (Å²) in [5, 5.41) is 8.35. The summed E-state index contributed by atoms with van der Waals surface area (Å²) in [6.45, 7) is 3.87. The number of aromatic nitrogens is 2. The lowest BCUT2D eigenvalue weighted by Crippen LogP contribution is -2.13. The number of carbonyl (C=O) groups is 1. The fraction of sp³-hybridized carbons (Fsp3) is 0.118. The van der Waals surface area contributed by atoms with E-state index in [-0.39, 0.29) is 5.91 Å². The smallest absolute Gasteiger partial charge is 0.275 e. The topological polar surface area (TPSA) is 66.9 Å². The molecule has 24 heavy (non-hydrogen) atoms. The van der Waals surface area contributed by atoms with Gasteiger partial charge in [0.1, 0.15) is 11.5 Å². The molecule has 0 radical (unpaired) electrons. The van der Waals surface area contributed by atoms with E-state index in [0.29, 0.717) is 16.6 Å². The van der Waals surface area contributed by atoms with Crippen molar-refractivity contribution in [2.45, 2.75) is 13.8 Å². The van der Waals surface area contributed by atoms with Crippen LogP contribution in [0.2, 0.25) is 0 Å². The Morgan fingerprint density at radius 3 is 2.75 bits per heavy atom. The van der Waals surface area contributed by atoms with Gasteiger partial charge >= 0.3 is 0 Å². The number of amides is 1. The molecule has 0 spiro atoms. The van der Waals surface area contributed by atoms with Crippen LogP contribution in [-0.2, 0) is 0 Å². The summed E-state index contributed by atoms with van der Waals surface area (Å²) in [6.07, 6.45) is 0. The molecule has 0 fully saturated rings. The van der Waals surface area contributed by atoms with Gasteiger partial charge in [0.25, 0.3) is 5.91 Å². The number of carbonyl (C=O) groups excluding carboxylic acids is 1. The summed E-state index contributed by atoms with van der Waals surface area (Å²) < 4.78 is 0.976. The monoisotopic (exact) mass is 402 g/mol. The molecule has 2 heterocycles. The number of nitrogens with zero attached hydrogens (tertiary/aromatic N) is 2. The zero-order valence-electron chi connectivity index (χ0n) is 13.1. The van der Waals surface area contributed by atoms with Gasteiger partial charge in [0.05, 0.1) is 0 Å². The molecule has 122 valence electrons. The Bertz CT molecular complexity index is 894. The van der Waals surface area contributed by atoms with Crippen LogP contribution in [0, 0.1) is 13.8 Å². The minimum atomic E-state index is -0.234. The van der Waals surface area contributed by atoms with E-state index in [1.807, 2.05) is 50.2 Å². The van der Waals surface area contributed by atoms with Crippen LogP contribution in [0.3, 0.4) is 0 Å². The average molecular weight is 403 g/mol. The molecule has 0 bridgehead atoms. The number of pyridine rings is 1. The molecule has 3 aromatic rings. The van der Waals surface area contributed by atoms with Gasteiger partial charge in [-0.3, -0.25) is 4.79 Å². The van der Waals surface area contributed by atoms with Gasteiger partial charge in [-0.05, 0) is 49.7 Å². The molecule has 0 aliphatic rings. The molecule has 0 unspecified atom stereocenters. The van der Waals surface area contributed by atoms with Gasteiger partial charge in [-0.1, -0.05) is 22.0 Å². The Kier molecular flexibility index (Phi) is 4.92. The van der Waals surface area contributed by atoms with E-state index >= 15 is 0 Å². The first kappa shape index (κ1) is 16.6. The summed E-state index contributed by atoms with van der Waals surface area (Å²) >= 11 is 4.77. The third-order valence-corrected chi connectivity index (χ3v) is 4.55. The van der Waals surface area contributed by atoms with Crippen LogP contribution >= 0.6 is 27.3 Å². The number of hydrogen-bond acceptors (Lipinski definition) is 5. The van der Waals surface area contributed by atoms with Crippen LogP contribution in [0.25, 0.3) is 0 Å². The van der Waals surface area contributed by atoms with Crippen LogP contribution in [-0.4, -0.2) is 15.9 Å². The molecule has 5 nitrogen and oxygen atoms in total. The Balaban J connectivity index is 1.71. The fourth-order valence-electron chi connectivity index (χ4n) is 2.11. The molecule has 0 saturated carbocycles. The molecule has 1 aromatic carbocycles. The summed E-state index contributed by atoms with van der Waals surface area (Å²) in [7, 11) is 0. The summed E-state index contributed by atoms with van der Waals surface area (Å²) in [4.78, 5) is 21.0. The predicted molar refractivity (Wildman–Crippen MR) is 101 cm³/mol. The highest BCUT2D eigenvalue weighted by Gasteiger charge is 2.12. The first-order valence-electron chi connectivity index (χ1n) is 7.25. The molecular weight excluding hydrogens is 388 g/mol. The number of anilines is 3. The number of thiazole rings is 1. The van der Waals surface area contributed by atoms with Crippen molar-refractivity contribution in [2.75, 3.05) is 10.6 Å². The van der Waals surface area contributed by atoms with Crippen LogP contribution < -0.4 is 10.6 Å². The molecule has 0 aliphatic heterocycles. The van der Waals surface area contributed by atoms with Crippen molar-refractivity contribution in [3.63, 3.8) is 0 Å². The highest BCUT2D eigenvalue weighted by molar-refractivity contribution is 9.10. The lowest BCUT2D eigenvalue weighted by Gasteiger charge is -2.07. The third kappa shape index (κ3) is 3.98. The van der Waals surface area contributed by atoms with Gasteiger partial charge in [0.15, 0.2) is 5.13 Å². The Hall–Kier alpha value is -2.25. The van der Waals surface area contributed by atoms with Gasteiger partial charge in [-0.25, -0.2) is 9.97 Å². The number of hydrogen-bond donors (Lipinski definition) is 2. The maximum Gasteiger partial charge on any atom is 0.275 e. The number of nitrogens with one attached hydrogen (secondary N) is 2. The lowest BCUT2D eigenvalue weighted by molar-refractivity contribution is 0.102. The maximum atomic E-state index is 12.3. The zero-order valence-corrected chi connectivity index (χ0v) is 15.5. The van der Waals surface area contributed by atoms with E-state index in [1.54, 1.807) is 5.38 Å². The van der Waals surface area contributed by atoms with Crippen LogP contribution in [0.5, 0.6) is 0 Å². The Labute approximate surface area is 152 Å². The standard InChI is InChI=1S/C17H15BrN4OS/c1-10-8-12(18)6-7-13(10)20-16(23)14-9-24-17(21-14)22-15-5-3-4-11(2)19-15/h3-9H,1-2H3,(H,20,23)(H,19,21,22). The zero-order chi connectivity index (χ0) is 17.1. The number of aryl methyl sites for hydroxylation is 2. The molecule has 0 saturated heterocycles. The van der Waals surface area contributed by atoms with Crippen molar-refractivity contribution in [3.05, 3.63) is 63.2 Å². The van der Waals surface area contributed by atoms with Crippen molar-refractivity contribution < 1.29 is 4.79 Å². The second-order valence-electron chi connectivity index (χ2n) is 5.24. The van der Waals surface area contributed by atoms with Crippen molar-refractivity contribution in [1.29, 1.82) is 0 Å². The quantitative estimate of drug-likeness (QED) is 0.650. The number of benzene rings is 1. The SMILES string of the molecule is Cc1cccc(Nc2nc(C(=O)Nc3ccc(Br)cc3C)cs2)n1.